The molecule has 0 radical (unpaired) electrons. The normalized spacial score (nSPS) is 12.0. The summed E-state index contributed by atoms with van der Waals surface area (Å²) >= 11 is 3.38. The van der Waals surface area contributed by atoms with E-state index in [1.165, 1.54) is 10.9 Å². The highest BCUT2D eigenvalue weighted by atomic mass is 79.9. The molecule has 140 valence electrons. The van der Waals surface area contributed by atoms with Crippen molar-refractivity contribution in [2.45, 2.75) is 52.7 Å². The third kappa shape index (κ3) is 5.17. The molecule has 6 nitrogen and oxygen atoms in total. The SMILES string of the molecule is CC(C)(C)OC(=O)c1ncn(-c2ccc(Br)cc2)c1C(=O)OC(C)(C)C. The van der Waals surface area contributed by atoms with Gasteiger partial charge in [-0.25, -0.2) is 14.6 Å². The maximum absolute atomic E-state index is 12.8. The highest BCUT2D eigenvalue weighted by Crippen LogP contribution is 2.22. The summed E-state index contributed by atoms with van der Waals surface area (Å²) in [5.74, 6) is -1.31. The summed E-state index contributed by atoms with van der Waals surface area (Å²) in [5, 5.41) is 0. The number of hydrogen-bond donors (Lipinski definition) is 0. The van der Waals surface area contributed by atoms with E-state index < -0.39 is 23.1 Å². The Morgan fingerprint density at radius 3 is 1.92 bits per heavy atom. The molecule has 1 heterocycles. The highest BCUT2D eigenvalue weighted by Gasteiger charge is 2.31. The smallest absolute Gasteiger partial charge is 0.360 e. The van der Waals surface area contributed by atoms with Crippen LogP contribution in [0.1, 0.15) is 62.5 Å². The second kappa shape index (κ2) is 7.23. The third-order valence-corrected chi connectivity index (χ3v) is 3.59. The van der Waals surface area contributed by atoms with E-state index in [-0.39, 0.29) is 11.4 Å². The molecular formula is C19H23BrN2O4. The van der Waals surface area contributed by atoms with Crippen molar-refractivity contribution >= 4 is 27.9 Å². The number of carbonyl (C=O) groups excluding carboxylic acids is 2. The van der Waals surface area contributed by atoms with Gasteiger partial charge in [-0.1, -0.05) is 15.9 Å². The van der Waals surface area contributed by atoms with Crippen molar-refractivity contribution < 1.29 is 19.1 Å². The van der Waals surface area contributed by atoms with E-state index in [9.17, 15) is 9.59 Å². The van der Waals surface area contributed by atoms with Gasteiger partial charge >= 0.3 is 11.9 Å². The fourth-order valence-corrected chi connectivity index (χ4v) is 2.41. The van der Waals surface area contributed by atoms with Crippen LogP contribution in [0.25, 0.3) is 5.69 Å². The zero-order valence-electron chi connectivity index (χ0n) is 15.8. The Balaban J connectivity index is 2.54. The minimum Gasteiger partial charge on any atom is -0.455 e. The summed E-state index contributed by atoms with van der Waals surface area (Å²) in [7, 11) is 0. The van der Waals surface area contributed by atoms with E-state index in [4.69, 9.17) is 9.47 Å². The molecule has 1 aromatic heterocycles. The molecule has 0 fully saturated rings. The van der Waals surface area contributed by atoms with Crippen LogP contribution in [0, 0.1) is 0 Å². The predicted molar refractivity (Wildman–Crippen MR) is 102 cm³/mol. The minimum absolute atomic E-state index is 0.0384. The van der Waals surface area contributed by atoms with Gasteiger partial charge in [0.05, 0.1) is 0 Å². The van der Waals surface area contributed by atoms with Crippen molar-refractivity contribution in [1.82, 2.24) is 9.55 Å². The molecule has 0 aliphatic carbocycles. The number of nitrogens with zero attached hydrogens (tertiary/aromatic N) is 2. The van der Waals surface area contributed by atoms with Gasteiger partial charge < -0.3 is 9.47 Å². The fraction of sp³-hybridized carbons (Fsp3) is 0.421. The van der Waals surface area contributed by atoms with Crippen LogP contribution in [0.4, 0.5) is 0 Å². The number of carbonyl (C=O) groups is 2. The van der Waals surface area contributed by atoms with Crippen molar-refractivity contribution in [3.8, 4) is 5.69 Å². The Hall–Kier alpha value is -2.15. The Morgan fingerprint density at radius 2 is 1.42 bits per heavy atom. The van der Waals surface area contributed by atoms with Gasteiger partial charge in [0.1, 0.15) is 17.5 Å². The van der Waals surface area contributed by atoms with E-state index in [0.717, 1.165) is 4.47 Å². The van der Waals surface area contributed by atoms with E-state index in [0.29, 0.717) is 5.69 Å². The lowest BCUT2D eigenvalue weighted by atomic mass is 10.2. The van der Waals surface area contributed by atoms with Crippen LogP contribution in [-0.2, 0) is 9.47 Å². The third-order valence-electron chi connectivity index (χ3n) is 3.06. The van der Waals surface area contributed by atoms with Gasteiger partial charge in [0, 0.05) is 10.2 Å². The van der Waals surface area contributed by atoms with Crippen molar-refractivity contribution in [2.75, 3.05) is 0 Å². The molecule has 0 amide bonds. The summed E-state index contributed by atoms with van der Waals surface area (Å²) in [6.07, 6.45) is 1.42. The summed E-state index contributed by atoms with van der Waals surface area (Å²) in [6, 6.07) is 7.28. The number of halogens is 1. The van der Waals surface area contributed by atoms with Crippen LogP contribution < -0.4 is 0 Å². The number of rotatable bonds is 3. The molecule has 0 bridgehead atoms. The van der Waals surface area contributed by atoms with E-state index in [2.05, 4.69) is 20.9 Å². The van der Waals surface area contributed by atoms with Gasteiger partial charge in [-0.3, -0.25) is 4.57 Å². The molecule has 2 rings (SSSR count). The quantitative estimate of drug-likeness (QED) is 0.678. The Kier molecular flexibility index (Phi) is 5.61. The molecule has 0 spiro atoms. The molecule has 0 saturated heterocycles. The zero-order chi connectivity index (χ0) is 19.7. The van der Waals surface area contributed by atoms with Crippen LogP contribution >= 0.6 is 15.9 Å². The monoisotopic (exact) mass is 422 g/mol. The van der Waals surface area contributed by atoms with Crippen molar-refractivity contribution in [1.29, 1.82) is 0 Å². The number of hydrogen-bond acceptors (Lipinski definition) is 5. The topological polar surface area (TPSA) is 70.4 Å². The first-order valence-corrected chi connectivity index (χ1v) is 8.97. The lowest BCUT2D eigenvalue weighted by molar-refractivity contribution is 0.000944. The molecule has 0 atom stereocenters. The highest BCUT2D eigenvalue weighted by molar-refractivity contribution is 9.10. The molecule has 0 aliphatic heterocycles. The largest absolute Gasteiger partial charge is 0.455 e. The Bertz CT molecular complexity index is 812. The lowest BCUT2D eigenvalue weighted by Gasteiger charge is -2.21. The van der Waals surface area contributed by atoms with Gasteiger partial charge in [0.2, 0.25) is 0 Å². The standard InChI is InChI=1S/C19H23BrN2O4/c1-18(2,3)25-16(23)14-15(17(24)26-19(4,5)6)22(11-21-14)13-9-7-12(20)8-10-13/h7-11H,1-6H3. The maximum atomic E-state index is 12.8. The number of imidazole rings is 1. The minimum atomic E-state index is -0.711. The first kappa shape index (κ1) is 20.2. The van der Waals surface area contributed by atoms with Crippen molar-refractivity contribution in [2.24, 2.45) is 0 Å². The Labute approximate surface area is 161 Å². The average molecular weight is 423 g/mol. The summed E-state index contributed by atoms with van der Waals surface area (Å²) in [4.78, 5) is 29.4. The molecular weight excluding hydrogens is 400 g/mol. The molecule has 0 aliphatic rings. The van der Waals surface area contributed by atoms with Gasteiger partial charge in [-0.15, -0.1) is 0 Å². The first-order chi connectivity index (χ1) is 11.9. The van der Waals surface area contributed by atoms with E-state index >= 15 is 0 Å². The molecule has 7 heteroatoms. The van der Waals surface area contributed by atoms with E-state index in [1.54, 1.807) is 53.7 Å². The first-order valence-electron chi connectivity index (χ1n) is 8.17. The fourth-order valence-electron chi connectivity index (χ4n) is 2.14. The van der Waals surface area contributed by atoms with Crippen molar-refractivity contribution in [3.63, 3.8) is 0 Å². The number of esters is 2. The van der Waals surface area contributed by atoms with Gasteiger partial charge in [0.25, 0.3) is 0 Å². The number of benzene rings is 1. The zero-order valence-corrected chi connectivity index (χ0v) is 17.4. The molecule has 26 heavy (non-hydrogen) atoms. The second-order valence-corrected chi connectivity index (χ2v) is 8.71. The number of aromatic nitrogens is 2. The van der Waals surface area contributed by atoms with Gasteiger partial charge in [-0.2, -0.15) is 0 Å². The van der Waals surface area contributed by atoms with Crippen LogP contribution in [0.5, 0.6) is 0 Å². The van der Waals surface area contributed by atoms with Gasteiger partial charge in [-0.05, 0) is 65.8 Å². The van der Waals surface area contributed by atoms with Crippen LogP contribution in [-0.4, -0.2) is 32.7 Å². The molecule has 2 aromatic rings. The van der Waals surface area contributed by atoms with Gasteiger partial charge in [0.15, 0.2) is 11.4 Å². The molecule has 1 aromatic carbocycles. The summed E-state index contributed by atoms with van der Waals surface area (Å²) in [5.41, 5.74) is -0.772. The lowest BCUT2D eigenvalue weighted by Crippen LogP contribution is -2.29. The molecule has 0 saturated carbocycles. The van der Waals surface area contributed by atoms with Crippen LogP contribution in [0.3, 0.4) is 0 Å². The van der Waals surface area contributed by atoms with Crippen LogP contribution in [0.2, 0.25) is 0 Å². The van der Waals surface area contributed by atoms with Crippen LogP contribution in [0.15, 0.2) is 35.1 Å². The molecule has 0 N–H and O–H groups in total. The summed E-state index contributed by atoms with van der Waals surface area (Å²) < 4.78 is 13.3. The molecule has 0 unspecified atom stereocenters. The van der Waals surface area contributed by atoms with E-state index in [1.807, 2.05) is 12.1 Å². The number of ether oxygens (including phenoxy) is 2. The summed E-state index contributed by atoms with van der Waals surface area (Å²) in [6.45, 7) is 10.5. The average Bonchev–Trinajstić information content (AvgIpc) is 2.89. The van der Waals surface area contributed by atoms with Crippen molar-refractivity contribution in [3.05, 3.63) is 46.5 Å². The predicted octanol–water partition coefficient (Wildman–Crippen LogP) is 4.55. The maximum Gasteiger partial charge on any atom is 0.360 e. The Morgan fingerprint density at radius 1 is 0.923 bits per heavy atom. The second-order valence-electron chi connectivity index (χ2n) is 7.79.